The Hall–Kier alpha value is -1.84. The van der Waals surface area contributed by atoms with Gasteiger partial charge in [0, 0.05) is 29.6 Å². The third kappa shape index (κ3) is 5.58. The molecule has 0 aliphatic carbocycles. The predicted molar refractivity (Wildman–Crippen MR) is 111 cm³/mol. The van der Waals surface area contributed by atoms with Crippen molar-refractivity contribution in [3.63, 3.8) is 0 Å². The van der Waals surface area contributed by atoms with Crippen LogP contribution in [0.5, 0.6) is 0 Å². The molecule has 0 bridgehead atoms. The Morgan fingerprint density at radius 3 is 2.08 bits per heavy atom. The number of para-hydroxylation sites is 1. The summed E-state index contributed by atoms with van der Waals surface area (Å²) < 4.78 is 0. The second-order valence-electron chi connectivity index (χ2n) is 5.25. The number of aryl methyl sites for hydroxylation is 2. The molecule has 26 heavy (non-hydrogen) atoms. The number of hydrogen-bond acceptors (Lipinski definition) is 3. The Bertz CT molecular complexity index is 786. The van der Waals surface area contributed by atoms with E-state index in [4.69, 9.17) is 0 Å². The van der Waals surface area contributed by atoms with Crippen LogP contribution in [0.1, 0.15) is 51.3 Å². The van der Waals surface area contributed by atoms with E-state index in [0.29, 0.717) is 0 Å². The van der Waals surface area contributed by atoms with Gasteiger partial charge >= 0.3 is 0 Å². The molecule has 3 nitrogen and oxygen atoms in total. The molecular formula is C22H31N3V. The fourth-order valence-electron chi connectivity index (χ4n) is 2.70. The number of benzene rings is 2. The maximum Gasteiger partial charge on any atom is 0.141 e. The van der Waals surface area contributed by atoms with Gasteiger partial charge in [-0.25, -0.2) is 9.97 Å². The van der Waals surface area contributed by atoms with Crippen LogP contribution in [-0.4, -0.2) is 9.97 Å². The Morgan fingerprint density at radius 2 is 1.50 bits per heavy atom. The van der Waals surface area contributed by atoms with Crippen molar-refractivity contribution in [2.45, 2.75) is 54.9 Å². The summed E-state index contributed by atoms with van der Waals surface area (Å²) in [4.78, 5) is 8.88. The Kier molecular flexibility index (Phi) is 11.6. The van der Waals surface area contributed by atoms with Gasteiger partial charge in [0.15, 0.2) is 0 Å². The molecule has 1 radical (unpaired) electrons. The third-order valence-electron chi connectivity index (χ3n) is 4.02. The molecule has 1 heterocycles. The number of nitrogens with one attached hydrogen (secondary N) is 1. The summed E-state index contributed by atoms with van der Waals surface area (Å²) in [6.45, 7) is 14.5. The average Bonchev–Trinajstić information content (AvgIpc) is 2.68. The van der Waals surface area contributed by atoms with Crippen molar-refractivity contribution in [3.05, 3.63) is 59.4 Å². The number of fused-ring (bicyclic) bond motifs is 1. The van der Waals surface area contributed by atoms with E-state index in [-0.39, 0.29) is 18.6 Å². The van der Waals surface area contributed by atoms with E-state index >= 15 is 0 Å². The maximum absolute atomic E-state index is 4.44. The zero-order valence-corrected chi connectivity index (χ0v) is 18.5. The largest absolute Gasteiger partial charge is 0.340 e. The molecule has 0 aliphatic heterocycles. The van der Waals surface area contributed by atoms with Crippen molar-refractivity contribution in [1.82, 2.24) is 9.97 Å². The zero-order chi connectivity index (χ0) is 18.8. The summed E-state index contributed by atoms with van der Waals surface area (Å²) in [7, 11) is 0. The molecule has 0 fully saturated rings. The van der Waals surface area contributed by atoms with Gasteiger partial charge < -0.3 is 5.32 Å². The molecule has 0 amide bonds. The van der Waals surface area contributed by atoms with Crippen LogP contribution in [0.4, 0.5) is 11.5 Å². The van der Waals surface area contributed by atoms with Crippen LogP contribution in [-0.2, 0) is 25.0 Å². The first kappa shape index (κ1) is 24.2. The van der Waals surface area contributed by atoms with Crippen LogP contribution in [0, 0.1) is 13.8 Å². The number of hydrogen-bond donors (Lipinski definition) is 1. The van der Waals surface area contributed by atoms with E-state index < -0.39 is 0 Å². The molecule has 4 heteroatoms. The maximum atomic E-state index is 4.44. The van der Waals surface area contributed by atoms with Gasteiger partial charge in [0.25, 0.3) is 0 Å². The summed E-state index contributed by atoms with van der Waals surface area (Å²) in [6.07, 6.45) is 2.65. The van der Waals surface area contributed by atoms with Gasteiger partial charge in [-0.05, 0) is 55.2 Å². The van der Waals surface area contributed by atoms with E-state index in [2.05, 4.69) is 42.1 Å². The van der Waals surface area contributed by atoms with Gasteiger partial charge in [-0.1, -0.05) is 52.8 Å². The molecule has 1 aromatic heterocycles. The monoisotopic (exact) mass is 388 g/mol. The predicted octanol–water partition coefficient (Wildman–Crippen LogP) is 6.60. The number of anilines is 2. The standard InChI is InChI=1S/C18H19N3.2C2H6.V/c1-4-14-10-16-17(13(3)12(14)2)18(20-11-19-16)21-15-8-6-5-7-9-15;2*1-2;/h5-11H,4H2,1-3H3,(H,19,20,21);2*1-2H3;. The van der Waals surface area contributed by atoms with Gasteiger partial charge in [-0.15, -0.1) is 0 Å². The summed E-state index contributed by atoms with van der Waals surface area (Å²) in [5.41, 5.74) is 5.97. The Labute approximate surface area is 170 Å². The molecule has 3 rings (SSSR count). The average molecular weight is 388 g/mol. The zero-order valence-electron chi connectivity index (χ0n) is 17.1. The Morgan fingerprint density at radius 1 is 0.885 bits per heavy atom. The summed E-state index contributed by atoms with van der Waals surface area (Å²) in [5.74, 6) is 0.870. The van der Waals surface area contributed by atoms with Crippen molar-refractivity contribution >= 4 is 22.4 Å². The fourth-order valence-corrected chi connectivity index (χ4v) is 2.70. The summed E-state index contributed by atoms with van der Waals surface area (Å²) >= 11 is 0. The molecule has 0 saturated carbocycles. The van der Waals surface area contributed by atoms with Gasteiger partial charge in [0.2, 0.25) is 0 Å². The van der Waals surface area contributed by atoms with Gasteiger partial charge in [-0.2, -0.15) is 0 Å². The molecule has 0 aliphatic rings. The molecular weight excluding hydrogens is 357 g/mol. The van der Waals surface area contributed by atoms with Gasteiger partial charge in [0.05, 0.1) is 5.52 Å². The first-order chi connectivity index (χ1) is 12.2. The summed E-state index contributed by atoms with van der Waals surface area (Å²) in [5, 5.41) is 4.51. The minimum absolute atomic E-state index is 0. The molecule has 0 atom stereocenters. The third-order valence-corrected chi connectivity index (χ3v) is 4.02. The first-order valence-electron chi connectivity index (χ1n) is 9.26. The second kappa shape index (κ2) is 12.5. The molecule has 3 aromatic rings. The topological polar surface area (TPSA) is 37.8 Å². The molecule has 0 saturated heterocycles. The van der Waals surface area contributed by atoms with Crippen LogP contribution in [0.15, 0.2) is 42.7 Å². The van der Waals surface area contributed by atoms with E-state index in [1.165, 1.54) is 16.7 Å². The van der Waals surface area contributed by atoms with E-state index in [1.54, 1.807) is 6.33 Å². The fraction of sp³-hybridized carbons (Fsp3) is 0.364. The van der Waals surface area contributed by atoms with Crippen LogP contribution < -0.4 is 5.32 Å². The second-order valence-corrected chi connectivity index (χ2v) is 5.25. The van der Waals surface area contributed by atoms with E-state index in [1.807, 2.05) is 58.0 Å². The molecule has 1 N–H and O–H groups in total. The van der Waals surface area contributed by atoms with Crippen molar-refractivity contribution in [3.8, 4) is 0 Å². The number of aromatic nitrogens is 2. The minimum atomic E-state index is 0. The SMILES string of the molecule is CC.CC.CCc1cc2ncnc(Nc3ccccc3)c2c(C)c1C.[V]. The number of rotatable bonds is 3. The van der Waals surface area contributed by atoms with Crippen LogP contribution in [0.2, 0.25) is 0 Å². The van der Waals surface area contributed by atoms with Crippen molar-refractivity contribution < 1.29 is 18.6 Å². The van der Waals surface area contributed by atoms with Crippen LogP contribution in [0.3, 0.4) is 0 Å². The molecule has 0 spiro atoms. The first-order valence-corrected chi connectivity index (χ1v) is 9.26. The molecule has 139 valence electrons. The van der Waals surface area contributed by atoms with Gasteiger partial charge in [0.1, 0.15) is 12.1 Å². The van der Waals surface area contributed by atoms with E-state index in [0.717, 1.165) is 28.8 Å². The number of nitrogens with zero attached hydrogens (tertiary/aromatic N) is 2. The van der Waals surface area contributed by atoms with Crippen molar-refractivity contribution in [2.24, 2.45) is 0 Å². The van der Waals surface area contributed by atoms with Crippen molar-refractivity contribution in [2.75, 3.05) is 5.32 Å². The quantitative estimate of drug-likeness (QED) is 0.549. The van der Waals surface area contributed by atoms with Crippen LogP contribution in [0.25, 0.3) is 10.9 Å². The normalized spacial score (nSPS) is 9.19. The Balaban J connectivity index is 0.00000117. The smallest absolute Gasteiger partial charge is 0.141 e. The van der Waals surface area contributed by atoms with Gasteiger partial charge in [-0.3, -0.25) is 0 Å². The van der Waals surface area contributed by atoms with E-state index in [9.17, 15) is 0 Å². The van der Waals surface area contributed by atoms with Crippen molar-refractivity contribution in [1.29, 1.82) is 0 Å². The van der Waals surface area contributed by atoms with Crippen LogP contribution >= 0.6 is 0 Å². The summed E-state index contributed by atoms with van der Waals surface area (Å²) in [6, 6.07) is 12.3. The minimum Gasteiger partial charge on any atom is -0.340 e. The molecule has 0 unspecified atom stereocenters. The molecule has 2 aromatic carbocycles.